The lowest BCUT2D eigenvalue weighted by molar-refractivity contribution is -0.142. The molecule has 7 heteroatoms. The zero-order valence-electron chi connectivity index (χ0n) is 12.3. The van der Waals surface area contributed by atoms with Crippen LogP contribution in [0, 0.1) is 0 Å². The Morgan fingerprint density at radius 2 is 1.95 bits per heavy atom. The Bertz CT molecular complexity index is 317. The van der Waals surface area contributed by atoms with Crippen molar-refractivity contribution < 1.29 is 19.4 Å². The molecule has 1 atom stereocenters. The van der Waals surface area contributed by atoms with Gasteiger partial charge in [-0.05, 0) is 13.3 Å². The van der Waals surface area contributed by atoms with Crippen LogP contribution < -0.4 is 5.32 Å². The van der Waals surface area contributed by atoms with E-state index < -0.39 is 5.97 Å². The summed E-state index contributed by atoms with van der Waals surface area (Å²) in [6.45, 7) is 7.84. The van der Waals surface area contributed by atoms with E-state index in [-0.39, 0.29) is 19.2 Å². The first-order chi connectivity index (χ1) is 9.54. The molecule has 2 N–H and O–H groups in total. The molecule has 1 aliphatic rings. The topological polar surface area (TPSA) is 82.1 Å². The maximum atomic E-state index is 11.9. The van der Waals surface area contributed by atoms with Gasteiger partial charge in [-0.15, -0.1) is 0 Å². The van der Waals surface area contributed by atoms with E-state index in [1.54, 1.807) is 4.90 Å². The minimum Gasteiger partial charge on any atom is -0.480 e. The van der Waals surface area contributed by atoms with Gasteiger partial charge in [-0.1, -0.05) is 6.92 Å². The molecule has 1 aliphatic heterocycles. The summed E-state index contributed by atoms with van der Waals surface area (Å²) in [4.78, 5) is 26.3. The van der Waals surface area contributed by atoms with Gasteiger partial charge in [0.1, 0.15) is 6.61 Å². The first kappa shape index (κ1) is 16.7. The molecule has 0 aromatic heterocycles. The van der Waals surface area contributed by atoms with Crippen molar-refractivity contribution in [2.45, 2.75) is 26.3 Å². The average Bonchev–Trinajstić information content (AvgIpc) is 2.45. The highest BCUT2D eigenvalue weighted by Gasteiger charge is 2.22. The molecule has 116 valence electrons. The van der Waals surface area contributed by atoms with Crippen molar-refractivity contribution in [2.75, 3.05) is 45.9 Å². The van der Waals surface area contributed by atoms with Gasteiger partial charge in [-0.25, -0.2) is 9.59 Å². The quantitative estimate of drug-likeness (QED) is 0.654. The summed E-state index contributed by atoms with van der Waals surface area (Å²) < 4.78 is 4.85. The van der Waals surface area contributed by atoms with Gasteiger partial charge in [-0.3, -0.25) is 4.90 Å². The fourth-order valence-electron chi connectivity index (χ4n) is 2.13. The van der Waals surface area contributed by atoms with Crippen molar-refractivity contribution in [3.63, 3.8) is 0 Å². The number of amides is 2. The summed E-state index contributed by atoms with van der Waals surface area (Å²) in [7, 11) is 0. The van der Waals surface area contributed by atoms with Crippen molar-refractivity contribution in [1.82, 2.24) is 15.1 Å². The number of ether oxygens (including phenoxy) is 1. The number of nitrogens with one attached hydrogen (secondary N) is 1. The normalized spacial score (nSPS) is 17.8. The Labute approximate surface area is 119 Å². The maximum absolute atomic E-state index is 11.9. The number of carboxylic acid groups (broad SMARTS) is 1. The Morgan fingerprint density at radius 3 is 2.50 bits per heavy atom. The SMILES string of the molecule is CCC(C)N1CCN(C(=O)NCCOCC(=O)O)CC1. The van der Waals surface area contributed by atoms with Gasteiger partial charge in [0.15, 0.2) is 0 Å². The predicted octanol–water partition coefficient (Wildman–Crippen LogP) is 0.213. The monoisotopic (exact) mass is 287 g/mol. The van der Waals surface area contributed by atoms with Gasteiger partial charge < -0.3 is 20.1 Å². The number of nitrogens with zero attached hydrogens (tertiary/aromatic N) is 2. The lowest BCUT2D eigenvalue weighted by atomic mass is 10.2. The Morgan fingerprint density at radius 1 is 1.30 bits per heavy atom. The molecule has 2 amide bonds. The van der Waals surface area contributed by atoms with Crippen LogP contribution in [0.2, 0.25) is 0 Å². The molecule has 1 heterocycles. The van der Waals surface area contributed by atoms with Crippen LogP contribution in [0.3, 0.4) is 0 Å². The second-order valence-corrected chi connectivity index (χ2v) is 4.96. The van der Waals surface area contributed by atoms with E-state index in [4.69, 9.17) is 9.84 Å². The third-order valence-electron chi connectivity index (χ3n) is 3.56. The third-order valence-corrected chi connectivity index (χ3v) is 3.56. The van der Waals surface area contributed by atoms with Gasteiger partial charge >= 0.3 is 12.0 Å². The molecule has 0 spiro atoms. The van der Waals surface area contributed by atoms with Crippen LogP contribution in [0.1, 0.15) is 20.3 Å². The van der Waals surface area contributed by atoms with Crippen LogP contribution in [-0.4, -0.2) is 78.9 Å². The number of carboxylic acids is 1. The molecule has 0 aliphatic carbocycles. The molecule has 0 aromatic rings. The summed E-state index contributed by atoms with van der Waals surface area (Å²) in [6, 6.07) is 0.456. The lowest BCUT2D eigenvalue weighted by Crippen LogP contribution is -2.53. The number of urea groups is 1. The summed E-state index contributed by atoms with van der Waals surface area (Å²) in [5.41, 5.74) is 0. The smallest absolute Gasteiger partial charge is 0.329 e. The van der Waals surface area contributed by atoms with E-state index in [0.717, 1.165) is 32.6 Å². The van der Waals surface area contributed by atoms with E-state index in [1.165, 1.54) is 0 Å². The van der Waals surface area contributed by atoms with E-state index in [9.17, 15) is 9.59 Å². The van der Waals surface area contributed by atoms with Crippen LogP contribution in [-0.2, 0) is 9.53 Å². The van der Waals surface area contributed by atoms with Crippen molar-refractivity contribution in [2.24, 2.45) is 0 Å². The number of piperazine rings is 1. The van der Waals surface area contributed by atoms with Gasteiger partial charge in [-0.2, -0.15) is 0 Å². The number of hydrogen-bond donors (Lipinski definition) is 2. The predicted molar refractivity (Wildman–Crippen MR) is 74.8 cm³/mol. The standard InChI is InChI=1S/C13H25N3O4/c1-3-11(2)15-5-7-16(8-6-15)13(19)14-4-9-20-10-12(17)18/h11H,3-10H2,1-2H3,(H,14,19)(H,17,18). The van der Waals surface area contributed by atoms with Gasteiger partial charge in [0.2, 0.25) is 0 Å². The van der Waals surface area contributed by atoms with Crippen LogP contribution in [0.25, 0.3) is 0 Å². The summed E-state index contributed by atoms with van der Waals surface area (Å²) in [5.74, 6) is -1.00. The molecule has 20 heavy (non-hydrogen) atoms. The molecule has 1 unspecified atom stereocenters. The number of aliphatic carboxylic acids is 1. The first-order valence-corrected chi connectivity index (χ1v) is 7.11. The molecular formula is C13H25N3O4. The fourth-order valence-corrected chi connectivity index (χ4v) is 2.13. The Balaban J connectivity index is 2.14. The zero-order valence-corrected chi connectivity index (χ0v) is 12.3. The van der Waals surface area contributed by atoms with E-state index in [0.29, 0.717) is 12.6 Å². The van der Waals surface area contributed by atoms with Crippen molar-refractivity contribution in [3.05, 3.63) is 0 Å². The van der Waals surface area contributed by atoms with Crippen LogP contribution in [0.5, 0.6) is 0 Å². The molecular weight excluding hydrogens is 262 g/mol. The van der Waals surface area contributed by atoms with Crippen LogP contribution in [0.15, 0.2) is 0 Å². The molecule has 0 aromatic carbocycles. The molecule has 1 fully saturated rings. The first-order valence-electron chi connectivity index (χ1n) is 7.11. The van der Waals surface area contributed by atoms with E-state index >= 15 is 0 Å². The minimum atomic E-state index is -1.00. The van der Waals surface area contributed by atoms with E-state index in [2.05, 4.69) is 24.1 Å². The van der Waals surface area contributed by atoms with Gasteiger partial charge in [0.25, 0.3) is 0 Å². The second-order valence-electron chi connectivity index (χ2n) is 4.96. The Hall–Kier alpha value is -1.34. The number of carbonyl (C=O) groups is 2. The maximum Gasteiger partial charge on any atom is 0.329 e. The number of carbonyl (C=O) groups excluding carboxylic acids is 1. The third kappa shape index (κ3) is 5.75. The second kappa shape index (κ2) is 8.76. The molecule has 0 bridgehead atoms. The van der Waals surface area contributed by atoms with Gasteiger partial charge in [0, 0.05) is 38.8 Å². The Kier molecular flexibility index (Phi) is 7.32. The summed E-state index contributed by atoms with van der Waals surface area (Å²) in [6.07, 6.45) is 1.12. The highest BCUT2D eigenvalue weighted by Crippen LogP contribution is 2.08. The molecule has 0 saturated carbocycles. The average molecular weight is 287 g/mol. The highest BCUT2D eigenvalue weighted by atomic mass is 16.5. The van der Waals surface area contributed by atoms with Crippen LogP contribution >= 0.6 is 0 Å². The highest BCUT2D eigenvalue weighted by molar-refractivity contribution is 5.74. The summed E-state index contributed by atoms with van der Waals surface area (Å²) >= 11 is 0. The van der Waals surface area contributed by atoms with Crippen LogP contribution in [0.4, 0.5) is 4.79 Å². The van der Waals surface area contributed by atoms with E-state index in [1.807, 2.05) is 0 Å². The van der Waals surface area contributed by atoms with Crippen molar-refractivity contribution in [3.8, 4) is 0 Å². The van der Waals surface area contributed by atoms with Gasteiger partial charge in [0.05, 0.1) is 6.61 Å². The molecule has 1 rings (SSSR count). The zero-order chi connectivity index (χ0) is 15.0. The largest absolute Gasteiger partial charge is 0.480 e. The number of hydrogen-bond acceptors (Lipinski definition) is 4. The van der Waals surface area contributed by atoms with Crippen molar-refractivity contribution >= 4 is 12.0 Å². The summed E-state index contributed by atoms with van der Waals surface area (Å²) in [5, 5.41) is 11.1. The number of rotatable bonds is 7. The molecule has 1 saturated heterocycles. The molecule has 0 radical (unpaired) electrons. The molecule has 7 nitrogen and oxygen atoms in total. The fraction of sp³-hybridized carbons (Fsp3) is 0.846. The van der Waals surface area contributed by atoms with Crippen molar-refractivity contribution in [1.29, 1.82) is 0 Å². The minimum absolute atomic E-state index is 0.104. The lowest BCUT2D eigenvalue weighted by Gasteiger charge is -2.37.